The molecule has 112 valence electrons. The summed E-state index contributed by atoms with van der Waals surface area (Å²) in [5.41, 5.74) is 9.95. The first kappa shape index (κ1) is 15.5. The highest BCUT2D eigenvalue weighted by Crippen LogP contribution is 2.34. The largest absolute Gasteiger partial charge is 0.457 e. The Morgan fingerprint density at radius 1 is 1.19 bits per heavy atom. The third-order valence-electron chi connectivity index (χ3n) is 3.90. The maximum Gasteiger partial charge on any atom is 0.135 e. The molecule has 0 saturated carbocycles. The summed E-state index contributed by atoms with van der Waals surface area (Å²) in [5.74, 6) is 2.19. The van der Waals surface area contributed by atoms with Gasteiger partial charge in [-0.1, -0.05) is 32.0 Å². The van der Waals surface area contributed by atoms with E-state index in [0.717, 1.165) is 34.9 Å². The van der Waals surface area contributed by atoms with Crippen LogP contribution in [0.5, 0.6) is 11.5 Å². The van der Waals surface area contributed by atoms with E-state index >= 15 is 0 Å². The monoisotopic (exact) mass is 284 g/mol. The number of para-hydroxylation sites is 1. The van der Waals surface area contributed by atoms with Crippen LogP contribution in [-0.4, -0.2) is 4.98 Å². The first-order chi connectivity index (χ1) is 10.1. The van der Waals surface area contributed by atoms with Crippen LogP contribution in [-0.2, 0) is 6.54 Å². The third kappa shape index (κ3) is 3.42. The van der Waals surface area contributed by atoms with Crippen molar-refractivity contribution in [2.45, 2.75) is 46.6 Å². The summed E-state index contributed by atoms with van der Waals surface area (Å²) < 4.78 is 6.20. The number of nitrogens with two attached hydrogens (primary N) is 1. The van der Waals surface area contributed by atoms with E-state index in [1.165, 1.54) is 5.56 Å². The molecule has 1 aromatic carbocycles. The van der Waals surface area contributed by atoms with Crippen LogP contribution in [0.1, 0.15) is 48.7 Å². The lowest BCUT2D eigenvalue weighted by molar-refractivity contribution is 0.462. The van der Waals surface area contributed by atoms with Crippen molar-refractivity contribution in [2.24, 2.45) is 5.73 Å². The molecule has 0 aliphatic heterocycles. The maximum absolute atomic E-state index is 6.20. The molecule has 0 bridgehead atoms. The average molecular weight is 284 g/mol. The molecule has 0 amide bonds. The Bertz CT molecular complexity index is 623. The highest BCUT2D eigenvalue weighted by Gasteiger charge is 2.14. The molecule has 0 spiro atoms. The molecule has 21 heavy (non-hydrogen) atoms. The summed E-state index contributed by atoms with van der Waals surface area (Å²) in [6.45, 7) is 8.78. The molecule has 1 unspecified atom stereocenters. The van der Waals surface area contributed by atoms with E-state index in [-0.39, 0.29) is 0 Å². The Hall–Kier alpha value is -1.87. The van der Waals surface area contributed by atoms with Gasteiger partial charge in [-0.05, 0) is 37.8 Å². The Morgan fingerprint density at radius 2 is 1.90 bits per heavy atom. The molecular weight excluding hydrogens is 260 g/mol. The smallest absolute Gasteiger partial charge is 0.135 e. The number of aromatic nitrogens is 1. The minimum absolute atomic E-state index is 0.431. The lowest BCUT2D eigenvalue weighted by Crippen LogP contribution is -2.06. The summed E-state index contributed by atoms with van der Waals surface area (Å²) in [4.78, 5) is 4.46. The molecule has 1 aromatic heterocycles. The third-order valence-corrected chi connectivity index (χ3v) is 3.90. The van der Waals surface area contributed by atoms with Gasteiger partial charge in [-0.2, -0.15) is 0 Å². The Balaban J connectivity index is 2.43. The van der Waals surface area contributed by atoms with Crippen molar-refractivity contribution in [3.8, 4) is 11.5 Å². The van der Waals surface area contributed by atoms with Gasteiger partial charge < -0.3 is 10.5 Å². The SMILES string of the molecule is CCC(C)c1ccccc1Oc1cc(C)nc(C)c1CN. The molecule has 0 saturated heterocycles. The molecule has 0 radical (unpaired) electrons. The van der Waals surface area contributed by atoms with Crippen LogP contribution in [0.2, 0.25) is 0 Å². The van der Waals surface area contributed by atoms with Crippen LogP contribution in [0, 0.1) is 13.8 Å². The topological polar surface area (TPSA) is 48.1 Å². The normalized spacial score (nSPS) is 12.2. The van der Waals surface area contributed by atoms with Crippen molar-refractivity contribution >= 4 is 0 Å². The van der Waals surface area contributed by atoms with E-state index in [9.17, 15) is 0 Å². The van der Waals surface area contributed by atoms with Gasteiger partial charge in [0.1, 0.15) is 11.5 Å². The molecule has 0 aliphatic rings. The van der Waals surface area contributed by atoms with Gasteiger partial charge in [0.25, 0.3) is 0 Å². The number of hydrogen-bond donors (Lipinski definition) is 1. The predicted octanol–water partition coefficient (Wildman–Crippen LogP) is 4.46. The molecule has 0 aliphatic carbocycles. The average Bonchev–Trinajstić information content (AvgIpc) is 2.46. The zero-order valence-corrected chi connectivity index (χ0v) is 13.3. The lowest BCUT2D eigenvalue weighted by Gasteiger charge is -2.18. The number of nitrogens with zero attached hydrogens (tertiary/aromatic N) is 1. The fourth-order valence-electron chi connectivity index (χ4n) is 2.48. The quantitative estimate of drug-likeness (QED) is 0.881. The van der Waals surface area contributed by atoms with Crippen molar-refractivity contribution in [2.75, 3.05) is 0 Å². The fraction of sp³-hybridized carbons (Fsp3) is 0.389. The van der Waals surface area contributed by atoms with Gasteiger partial charge in [0.05, 0.1) is 0 Å². The number of hydrogen-bond acceptors (Lipinski definition) is 3. The molecule has 3 heteroatoms. The molecular formula is C18H24N2O. The number of ether oxygens (including phenoxy) is 1. The summed E-state index contributed by atoms with van der Waals surface area (Å²) in [7, 11) is 0. The summed E-state index contributed by atoms with van der Waals surface area (Å²) in [5, 5.41) is 0. The minimum atomic E-state index is 0.431. The predicted molar refractivity (Wildman–Crippen MR) is 86.8 cm³/mol. The number of benzene rings is 1. The van der Waals surface area contributed by atoms with E-state index in [2.05, 4.69) is 31.0 Å². The highest BCUT2D eigenvalue weighted by atomic mass is 16.5. The van der Waals surface area contributed by atoms with E-state index in [0.29, 0.717) is 12.5 Å². The van der Waals surface area contributed by atoms with E-state index in [1.807, 2.05) is 32.0 Å². The van der Waals surface area contributed by atoms with Gasteiger partial charge in [-0.25, -0.2) is 0 Å². The maximum atomic E-state index is 6.20. The van der Waals surface area contributed by atoms with Gasteiger partial charge >= 0.3 is 0 Å². The van der Waals surface area contributed by atoms with Gasteiger partial charge in [-0.15, -0.1) is 0 Å². The van der Waals surface area contributed by atoms with Crippen LogP contribution in [0.15, 0.2) is 30.3 Å². The second-order valence-corrected chi connectivity index (χ2v) is 5.48. The lowest BCUT2D eigenvalue weighted by atomic mass is 9.98. The molecule has 3 nitrogen and oxygen atoms in total. The van der Waals surface area contributed by atoms with E-state index < -0.39 is 0 Å². The number of aryl methyl sites for hydroxylation is 2. The van der Waals surface area contributed by atoms with Gasteiger partial charge in [0.15, 0.2) is 0 Å². The van der Waals surface area contributed by atoms with E-state index in [1.54, 1.807) is 0 Å². The van der Waals surface area contributed by atoms with Crippen molar-refractivity contribution < 1.29 is 4.74 Å². The molecule has 2 aromatic rings. The zero-order chi connectivity index (χ0) is 15.4. The first-order valence-electron chi connectivity index (χ1n) is 7.50. The highest BCUT2D eigenvalue weighted by molar-refractivity contribution is 5.44. The van der Waals surface area contributed by atoms with Gasteiger partial charge in [0.2, 0.25) is 0 Å². The fourth-order valence-corrected chi connectivity index (χ4v) is 2.48. The van der Waals surface area contributed by atoms with Crippen LogP contribution in [0.4, 0.5) is 0 Å². The minimum Gasteiger partial charge on any atom is -0.457 e. The Labute approximate surface area is 127 Å². The Kier molecular flexibility index (Phi) is 4.97. The van der Waals surface area contributed by atoms with Crippen molar-refractivity contribution in [3.05, 3.63) is 52.8 Å². The van der Waals surface area contributed by atoms with Crippen molar-refractivity contribution in [1.29, 1.82) is 0 Å². The zero-order valence-electron chi connectivity index (χ0n) is 13.3. The summed E-state index contributed by atoms with van der Waals surface area (Å²) in [6.07, 6.45) is 1.08. The summed E-state index contributed by atoms with van der Waals surface area (Å²) >= 11 is 0. The molecule has 1 heterocycles. The van der Waals surface area contributed by atoms with Crippen LogP contribution in [0.3, 0.4) is 0 Å². The van der Waals surface area contributed by atoms with Gasteiger partial charge in [0, 0.05) is 29.6 Å². The van der Waals surface area contributed by atoms with Crippen LogP contribution >= 0.6 is 0 Å². The Morgan fingerprint density at radius 3 is 2.57 bits per heavy atom. The molecule has 0 fully saturated rings. The number of pyridine rings is 1. The summed E-state index contributed by atoms with van der Waals surface area (Å²) in [6, 6.07) is 10.2. The number of rotatable bonds is 5. The molecule has 2 rings (SSSR count). The first-order valence-corrected chi connectivity index (χ1v) is 7.50. The second kappa shape index (κ2) is 6.72. The molecule has 1 atom stereocenters. The van der Waals surface area contributed by atoms with E-state index in [4.69, 9.17) is 10.5 Å². The van der Waals surface area contributed by atoms with Crippen molar-refractivity contribution in [1.82, 2.24) is 4.98 Å². The second-order valence-electron chi connectivity index (χ2n) is 5.48. The van der Waals surface area contributed by atoms with Crippen molar-refractivity contribution in [3.63, 3.8) is 0 Å². The van der Waals surface area contributed by atoms with Gasteiger partial charge in [-0.3, -0.25) is 4.98 Å². The van der Waals surface area contributed by atoms with Crippen LogP contribution < -0.4 is 10.5 Å². The standard InChI is InChI=1S/C18H24N2O/c1-5-12(2)15-8-6-7-9-17(15)21-18-10-13(3)20-14(4)16(18)11-19/h6-10,12H,5,11,19H2,1-4H3. The molecule has 2 N–H and O–H groups in total. The van der Waals surface area contributed by atoms with Crippen LogP contribution in [0.25, 0.3) is 0 Å².